The number of terminal acetylenes is 1. The van der Waals surface area contributed by atoms with Crippen LogP contribution < -0.4 is 0 Å². The van der Waals surface area contributed by atoms with Gasteiger partial charge >= 0.3 is 5.97 Å². The topological polar surface area (TPSA) is 84.2 Å². The molecule has 0 heterocycles. The zero-order valence-electron chi connectivity index (χ0n) is 10.00. The number of esters is 1. The van der Waals surface area contributed by atoms with Gasteiger partial charge in [-0.25, -0.2) is 8.42 Å². The van der Waals surface area contributed by atoms with Gasteiger partial charge in [0.1, 0.15) is 5.75 Å². The quantitative estimate of drug-likeness (QED) is 0.583. The minimum Gasteiger partial charge on any atom is -0.452 e. The van der Waals surface area contributed by atoms with Crippen LogP contribution in [0.2, 0.25) is 0 Å². The molecule has 0 aromatic heterocycles. The molecule has 0 amide bonds. The number of hydrogen-bond donors (Lipinski definition) is 0. The van der Waals surface area contributed by atoms with Gasteiger partial charge in [0.25, 0.3) is 0 Å². The van der Waals surface area contributed by atoms with Crippen LogP contribution in [-0.4, -0.2) is 26.7 Å². The minimum absolute atomic E-state index is 0.261. The molecule has 0 unspecified atom stereocenters. The highest BCUT2D eigenvalue weighted by Gasteiger charge is 2.19. The number of nitrogens with zero attached hydrogens (tertiary/aromatic N) is 1. The first kappa shape index (κ1) is 14.7. The maximum atomic E-state index is 11.8. The second-order valence-electron chi connectivity index (χ2n) is 3.67. The van der Waals surface area contributed by atoms with Crippen LogP contribution in [0.15, 0.2) is 24.3 Å². The number of ether oxygens (including phenoxy) is 1. The fraction of sp³-hybridized carbons (Fsp3) is 0.231. The van der Waals surface area contributed by atoms with Gasteiger partial charge in [-0.3, -0.25) is 4.79 Å². The summed E-state index contributed by atoms with van der Waals surface area (Å²) in [6.07, 6.45) is 4.89. The molecule has 0 fully saturated rings. The molecule has 0 atom stereocenters. The van der Waals surface area contributed by atoms with E-state index in [2.05, 4.69) is 10.7 Å². The van der Waals surface area contributed by atoms with Crippen molar-refractivity contribution in [3.8, 4) is 18.4 Å². The number of nitriles is 1. The number of carbonyl (C=O) groups is 1. The van der Waals surface area contributed by atoms with E-state index >= 15 is 0 Å². The predicted molar refractivity (Wildman–Crippen MR) is 68.4 cm³/mol. The van der Waals surface area contributed by atoms with Gasteiger partial charge in [-0.2, -0.15) is 5.26 Å². The lowest BCUT2D eigenvalue weighted by atomic mass is 10.1. The molecule has 19 heavy (non-hydrogen) atoms. The first-order valence-electron chi connectivity index (χ1n) is 5.26. The number of sulfone groups is 1. The summed E-state index contributed by atoms with van der Waals surface area (Å²) in [6.45, 7) is -0.261. The Morgan fingerprint density at radius 2 is 2.05 bits per heavy atom. The molecule has 1 aromatic rings. The standard InChI is InChI=1S/C13H11NO4S/c1-2-7-18-13(15)10-19(16,17)9-12-6-4-3-5-11(12)8-14/h1,3-6H,7,9-10H2. The molecule has 0 N–H and O–H groups in total. The van der Waals surface area contributed by atoms with Crippen LogP contribution in [0.4, 0.5) is 0 Å². The van der Waals surface area contributed by atoms with Gasteiger partial charge in [-0.15, -0.1) is 6.42 Å². The Balaban J connectivity index is 2.78. The van der Waals surface area contributed by atoms with Crippen LogP contribution in [-0.2, 0) is 25.1 Å². The molecule has 1 aromatic carbocycles. The van der Waals surface area contributed by atoms with Crippen molar-refractivity contribution in [1.29, 1.82) is 5.26 Å². The molecule has 0 saturated carbocycles. The van der Waals surface area contributed by atoms with Crippen molar-refractivity contribution < 1.29 is 17.9 Å². The molecule has 1 rings (SSSR count). The van der Waals surface area contributed by atoms with Crippen molar-refractivity contribution in [2.75, 3.05) is 12.4 Å². The Kier molecular flexibility index (Phi) is 5.11. The molecule has 0 bridgehead atoms. The van der Waals surface area contributed by atoms with Crippen molar-refractivity contribution in [2.24, 2.45) is 0 Å². The van der Waals surface area contributed by atoms with Crippen LogP contribution in [0, 0.1) is 23.7 Å². The molecular formula is C13H11NO4S. The van der Waals surface area contributed by atoms with E-state index in [4.69, 9.17) is 11.7 Å². The van der Waals surface area contributed by atoms with Crippen molar-refractivity contribution in [3.05, 3.63) is 35.4 Å². The molecule has 0 aliphatic carbocycles. The van der Waals surface area contributed by atoms with Crippen molar-refractivity contribution >= 4 is 15.8 Å². The summed E-state index contributed by atoms with van der Waals surface area (Å²) >= 11 is 0. The van der Waals surface area contributed by atoms with Gasteiger partial charge in [0.15, 0.2) is 16.4 Å². The second kappa shape index (κ2) is 6.58. The lowest BCUT2D eigenvalue weighted by Crippen LogP contribution is -2.20. The van der Waals surface area contributed by atoms with Crippen LogP contribution in [0.25, 0.3) is 0 Å². The van der Waals surface area contributed by atoms with Gasteiger partial charge < -0.3 is 4.74 Å². The van der Waals surface area contributed by atoms with E-state index in [1.54, 1.807) is 12.1 Å². The van der Waals surface area contributed by atoms with Crippen molar-refractivity contribution in [1.82, 2.24) is 0 Å². The predicted octanol–water partition coefficient (Wildman–Crippen LogP) is 0.649. The molecular weight excluding hydrogens is 266 g/mol. The molecule has 0 aliphatic rings. The molecule has 0 saturated heterocycles. The Hall–Kier alpha value is -2.31. The smallest absolute Gasteiger partial charge is 0.322 e. The van der Waals surface area contributed by atoms with Crippen LogP contribution in [0.1, 0.15) is 11.1 Å². The van der Waals surface area contributed by atoms with Crippen molar-refractivity contribution in [3.63, 3.8) is 0 Å². The van der Waals surface area contributed by atoms with Gasteiger partial charge in [0.2, 0.25) is 0 Å². The van der Waals surface area contributed by atoms with E-state index < -0.39 is 21.6 Å². The van der Waals surface area contributed by atoms with E-state index in [-0.39, 0.29) is 17.9 Å². The van der Waals surface area contributed by atoms with Gasteiger partial charge in [-0.1, -0.05) is 24.1 Å². The maximum absolute atomic E-state index is 11.8. The largest absolute Gasteiger partial charge is 0.452 e. The molecule has 0 radical (unpaired) electrons. The Bertz CT molecular complexity index is 650. The van der Waals surface area contributed by atoms with Crippen molar-refractivity contribution in [2.45, 2.75) is 5.75 Å². The highest BCUT2D eigenvalue weighted by molar-refractivity contribution is 7.91. The molecule has 5 nitrogen and oxygen atoms in total. The van der Waals surface area contributed by atoms with Crippen LogP contribution >= 0.6 is 0 Å². The normalized spacial score (nSPS) is 10.2. The first-order valence-corrected chi connectivity index (χ1v) is 7.08. The Morgan fingerprint density at radius 1 is 1.37 bits per heavy atom. The lowest BCUT2D eigenvalue weighted by molar-refractivity contribution is -0.139. The number of hydrogen-bond acceptors (Lipinski definition) is 5. The van der Waals surface area contributed by atoms with E-state index in [0.717, 1.165) is 0 Å². The van der Waals surface area contributed by atoms with E-state index in [9.17, 15) is 13.2 Å². The van der Waals surface area contributed by atoms with Crippen LogP contribution in [0.5, 0.6) is 0 Å². The monoisotopic (exact) mass is 277 g/mol. The van der Waals surface area contributed by atoms with Crippen LogP contribution in [0.3, 0.4) is 0 Å². The zero-order valence-corrected chi connectivity index (χ0v) is 10.8. The molecule has 0 aliphatic heterocycles. The summed E-state index contributed by atoms with van der Waals surface area (Å²) in [5.41, 5.74) is 0.623. The third-order valence-electron chi connectivity index (χ3n) is 2.17. The molecule has 0 spiro atoms. The highest BCUT2D eigenvalue weighted by Crippen LogP contribution is 2.12. The average Bonchev–Trinajstić information content (AvgIpc) is 2.36. The van der Waals surface area contributed by atoms with E-state index in [1.807, 2.05) is 6.07 Å². The third-order valence-corrected chi connectivity index (χ3v) is 3.59. The molecule has 6 heteroatoms. The summed E-state index contributed by atoms with van der Waals surface area (Å²) in [7, 11) is -3.69. The SMILES string of the molecule is C#CCOC(=O)CS(=O)(=O)Cc1ccccc1C#N. The molecule has 98 valence electrons. The lowest BCUT2D eigenvalue weighted by Gasteiger charge is -2.05. The summed E-state index contributed by atoms with van der Waals surface area (Å²) in [5.74, 6) is 0.0329. The maximum Gasteiger partial charge on any atom is 0.322 e. The summed E-state index contributed by atoms with van der Waals surface area (Å²) < 4.78 is 28.1. The Morgan fingerprint density at radius 3 is 2.68 bits per heavy atom. The van der Waals surface area contributed by atoms with Gasteiger partial charge in [-0.05, 0) is 11.6 Å². The van der Waals surface area contributed by atoms with E-state index in [0.29, 0.717) is 5.56 Å². The van der Waals surface area contributed by atoms with E-state index in [1.165, 1.54) is 12.1 Å². The minimum atomic E-state index is -3.69. The number of rotatable bonds is 5. The second-order valence-corrected chi connectivity index (χ2v) is 5.73. The fourth-order valence-electron chi connectivity index (χ4n) is 1.39. The first-order chi connectivity index (χ1) is 8.98. The summed E-state index contributed by atoms with van der Waals surface area (Å²) in [4.78, 5) is 11.2. The number of benzene rings is 1. The van der Waals surface area contributed by atoms with Gasteiger partial charge in [0, 0.05) is 0 Å². The number of carbonyl (C=O) groups excluding carboxylic acids is 1. The Labute approximate surface area is 111 Å². The zero-order chi connectivity index (χ0) is 14.3. The fourth-order valence-corrected chi connectivity index (χ4v) is 2.66. The summed E-state index contributed by atoms with van der Waals surface area (Å²) in [5, 5.41) is 8.85. The summed E-state index contributed by atoms with van der Waals surface area (Å²) in [6, 6.07) is 8.21. The van der Waals surface area contributed by atoms with Gasteiger partial charge in [0.05, 0.1) is 17.4 Å². The third kappa shape index (κ3) is 4.82. The average molecular weight is 277 g/mol. The highest BCUT2D eigenvalue weighted by atomic mass is 32.2.